The van der Waals surface area contributed by atoms with Crippen LogP contribution in [-0.2, 0) is 11.8 Å². The number of benzene rings is 1. The van der Waals surface area contributed by atoms with Crippen molar-refractivity contribution >= 4 is 29.0 Å². The minimum absolute atomic E-state index is 0.0663. The fourth-order valence-corrected chi connectivity index (χ4v) is 4.54. The zero-order chi connectivity index (χ0) is 20.1. The summed E-state index contributed by atoms with van der Waals surface area (Å²) in [7, 11) is 8.02. The molecular formula is C22H28N4O2+2. The lowest BCUT2D eigenvalue weighted by Crippen LogP contribution is -2.52. The van der Waals surface area contributed by atoms with Crippen LogP contribution in [0.2, 0.25) is 0 Å². The molecule has 6 nitrogen and oxygen atoms in total. The van der Waals surface area contributed by atoms with E-state index in [1.165, 1.54) is 0 Å². The monoisotopic (exact) mass is 380 g/mol. The fourth-order valence-electron chi connectivity index (χ4n) is 4.54. The average molecular weight is 380 g/mol. The number of aryl methyl sites for hydroxylation is 1. The standard InChI is InChI=1S/C22H28N4O2/c1-23-13-7-10-17-20(23)25(21(27)16-9-8-14-26(3,4)15-16)19-12-6-5-11-18(19)24(2)22(17)28/h5-7,10-13,16H,8-9,14-15H2,1-4H3/q+2. The molecule has 0 aliphatic carbocycles. The lowest BCUT2D eigenvalue weighted by Gasteiger charge is -2.37. The second-order valence-electron chi connectivity index (χ2n) is 8.56. The Morgan fingerprint density at radius 2 is 1.86 bits per heavy atom. The molecule has 1 aromatic heterocycles. The first-order chi connectivity index (χ1) is 13.3. The van der Waals surface area contributed by atoms with Crippen molar-refractivity contribution in [3.05, 3.63) is 48.2 Å². The number of aromatic nitrogens is 1. The third-order valence-corrected chi connectivity index (χ3v) is 5.98. The molecule has 2 aliphatic heterocycles. The molecule has 4 rings (SSSR count). The largest absolute Gasteiger partial charge is 0.328 e. The molecule has 2 aromatic rings. The molecule has 146 valence electrons. The van der Waals surface area contributed by atoms with Gasteiger partial charge in [-0.2, -0.15) is 4.90 Å². The number of anilines is 3. The van der Waals surface area contributed by atoms with Gasteiger partial charge in [0.15, 0.2) is 5.69 Å². The highest BCUT2D eigenvalue weighted by Gasteiger charge is 2.45. The minimum Gasteiger partial charge on any atom is -0.328 e. The number of fused-ring (bicyclic) bond motifs is 2. The van der Waals surface area contributed by atoms with E-state index in [-0.39, 0.29) is 17.7 Å². The van der Waals surface area contributed by atoms with Gasteiger partial charge in [-0.1, -0.05) is 12.1 Å². The zero-order valence-electron chi connectivity index (χ0n) is 17.1. The summed E-state index contributed by atoms with van der Waals surface area (Å²) >= 11 is 0. The van der Waals surface area contributed by atoms with Crippen molar-refractivity contribution in [2.75, 3.05) is 44.0 Å². The van der Waals surface area contributed by atoms with Gasteiger partial charge in [0.2, 0.25) is 0 Å². The Bertz CT molecular complexity index is 953. The van der Waals surface area contributed by atoms with Crippen LogP contribution in [0.15, 0.2) is 42.6 Å². The summed E-state index contributed by atoms with van der Waals surface area (Å²) in [5.74, 6) is 0.548. The Balaban J connectivity index is 1.91. The van der Waals surface area contributed by atoms with E-state index in [0.29, 0.717) is 11.4 Å². The van der Waals surface area contributed by atoms with Crippen molar-refractivity contribution in [2.24, 2.45) is 13.0 Å². The third-order valence-electron chi connectivity index (χ3n) is 5.98. The molecule has 0 spiro atoms. The van der Waals surface area contributed by atoms with Crippen LogP contribution in [0.3, 0.4) is 0 Å². The lowest BCUT2D eigenvalue weighted by atomic mass is 9.94. The fraction of sp³-hybridized carbons (Fsp3) is 0.409. The number of hydrogen-bond acceptors (Lipinski definition) is 2. The Kier molecular flexibility index (Phi) is 4.46. The zero-order valence-corrected chi connectivity index (χ0v) is 17.1. The number of hydrogen-bond donors (Lipinski definition) is 0. The van der Waals surface area contributed by atoms with Gasteiger partial charge in [0.05, 0.1) is 46.1 Å². The number of amides is 2. The third kappa shape index (κ3) is 2.98. The number of carbonyl (C=O) groups is 2. The number of likely N-dealkylation sites (tertiary alicyclic amines) is 1. The number of piperidine rings is 1. The van der Waals surface area contributed by atoms with E-state index >= 15 is 0 Å². The Hall–Kier alpha value is -2.73. The van der Waals surface area contributed by atoms with Crippen LogP contribution in [0.25, 0.3) is 0 Å². The predicted molar refractivity (Wildman–Crippen MR) is 109 cm³/mol. The average Bonchev–Trinajstić information content (AvgIpc) is 2.76. The van der Waals surface area contributed by atoms with E-state index in [2.05, 4.69) is 14.1 Å². The van der Waals surface area contributed by atoms with E-state index in [4.69, 9.17) is 0 Å². The van der Waals surface area contributed by atoms with E-state index in [1.807, 2.05) is 48.1 Å². The van der Waals surface area contributed by atoms with Crippen LogP contribution < -0.4 is 14.4 Å². The van der Waals surface area contributed by atoms with Crippen LogP contribution in [0.1, 0.15) is 23.2 Å². The maximum atomic E-state index is 13.9. The lowest BCUT2D eigenvalue weighted by molar-refractivity contribution is -0.897. The summed E-state index contributed by atoms with van der Waals surface area (Å²) in [6.07, 6.45) is 3.81. The summed E-state index contributed by atoms with van der Waals surface area (Å²) in [5.41, 5.74) is 2.06. The first-order valence-electron chi connectivity index (χ1n) is 9.82. The van der Waals surface area contributed by atoms with Gasteiger partial charge in [-0.25, -0.2) is 9.36 Å². The van der Waals surface area contributed by atoms with Crippen LogP contribution >= 0.6 is 0 Å². The van der Waals surface area contributed by atoms with E-state index in [1.54, 1.807) is 22.9 Å². The first-order valence-corrected chi connectivity index (χ1v) is 9.82. The highest BCUT2D eigenvalue weighted by atomic mass is 16.2. The maximum Gasteiger partial charge on any atom is 0.323 e. The van der Waals surface area contributed by atoms with Crippen molar-refractivity contribution in [1.29, 1.82) is 0 Å². The number of carbonyl (C=O) groups excluding carboxylic acids is 2. The SMILES string of the molecule is CN1C(=O)c2ccc[n+](C)c2N(C(=O)C2CCC[N+](C)(C)C2)c2ccccc21. The quantitative estimate of drug-likeness (QED) is 0.563. The number of quaternary nitrogens is 1. The van der Waals surface area contributed by atoms with E-state index in [0.717, 1.165) is 41.8 Å². The van der Waals surface area contributed by atoms with Gasteiger partial charge in [-0.05, 0) is 37.1 Å². The molecule has 1 saturated heterocycles. The second-order valence-corrected chi connectivity index (χ2v) is 8.56. The predicted octanol–water partition coefficient (Wildman–Crippen LogP) is 2.25. The van der Waals surface area contributed by atoms with Crippen LogP contribution in [0, 0.1) is 5.92 Å². The van der Waals surface area contributed by atoms with Gasteiger partial charge in [0.1, 0.15) is 11.5 Å². The maximum absolute atomic E-state index is 13.9. The second kappa shape index (κ2) is 6.71. The Morgan fingerprint density at radius 1 is 1.14 bits per heavy atom. The van der Waals surface area contributed by atoms with Crippen molar-refractivity contribution in [1.82, 2.24) is 0 Å². The molecule has 0 radical (unpaired) electrons. The van der Waals surface area contributed by atoms with Gasteiger partial charge in [0, 0.05) is 7.05 Å². The Morgan fingerprint density at radius 3 is 2.57 bits per heavy atom. The van der Waals surface area contributed by atoms with Crippen molar-refractivity contribution in [2.45, 2.75) is 12.8 Å². The number of para-hydroxylation sites is 2. The van der Waals surface area contributed by atoms with Gasteiger partial charge in [0.25, 0.3) is 5.91 Å². The molecule has 28 heavy (non-hydrogen) atoms. The summed E-state index contributed by atoms with van der Waals surface area (Å²) < 4.78 is 2.72. The summed E-state index contributed by atoms with van der Waals surface area (Å²) in [4.78, 5) is 30.4. The topological polar surface area (TPSA) is 44.5 Å². The summed E-state index contributed by atoms with van der Waals surface area (Å²) in [5, 5.41) is 0. The highest BCUT2D eigenvalue weighted by Crippen LogP contribution is 2.40. The van der Waals surface area contributed by atoms with Crippen LogP contribution in [0.5, 0.6) is 0 Å². The summed E-state index contributed by atoms with van der Waals surface area (Å²) in [6.45, 7) is 1.90. The minimum atomic E-state index is -0.103. The van der Waals surface area contributed by atoms with E-state index in [9.17, 15) is 9.59 Å². The van der Waals surface area contributed by atoms with Gasteiger partial charge < -0.3 is 9.38 Å². The van der Waals surface area contributed by atoms with Gasteiger partial charge in [-0.3, -0.25) is 4.79 Å². The molecule has 1 atom stereocenters. The van der Waals surface area contributed by atoms with Gasteiger partial charge >= 0.3 is 11.7 Å². The number of nitrogens with zero attached hydrogens (tertiary/aromatic N) is 4. The molecule has 0 N–H and O–H groups in total. The van der Waals surface area contributed by atoms with Crippen LogP contribution in [-0.4, -0.2) is 50.5 Å². The molecule has 3 heterocycles. The molecule has 1 unspecified atom stereocenters. The summed E-state index contributed by atoms with van der Waals surface area (Å²) in [6, 6.07) is 11.3. The Labute approximate surface area is 166 Å². The van der Waals surface area contributed by atoms with Crippen LogP contribution in [0.4, 0.5) is 17.2 Å². The van der Waals surface area contributed by atoms with Crippen molar-refractivity contribution in [3.63, 3.8) is 0 Å². The molecule has 1 fully saturated rings. The number of pyridine rings is 1. The molecule has 2 amide bonds. The molecule has 6 heteroatoms. The highest BCUT2D eigenvalue weighted by molar-refractivity contribution is 6.17. The molecule has 2 aliphatic rings. The molecular weight excluding hydrogens is 352 g/mol. The normalized spacial score (nSPS) is 21.0. The van der Waals surface area contributed by atoms with Crippen molar-refractivity contribution in [3.8, 4) is 0 Å². The molecule has 0 bridgehead atoms. The first kappa shape index (κ1) is 18.6. The van der Waals surface area contributed by atoms with Gasteiger partial charge in [-0.15, -0.1) is 0 Å². The molecule has 0 saturated carbocycles. The smallest absolute Gasteiger partial charge is 0.323 e. The molecule has 1 aromatic carbocycles. The van der Waals surface area contributed by atoms with Crippen molar-refractivity contribution < 1.29 is 18.6 Å². The van der Waals surface area contributed by atoms with E-state index < -0.39 is 0 Å². The number of rotatable bonds is 1.